The Labute approximate surface area is 238 Å². The van der Waals surface area contributed by atoms with Gasteiger partial charge in [0.2, 0.25) is 0 Å². The number of rotatable bonds is 5. The lowest BCUT2D eigenvalue weighted by Crippen LogP contribution is -2.57. The normalized spacial score (nSPS) is 23.1. The Morgan fingerprint density at radius 2 is 1.80 bits per heavy atom. The number of alkyl halides is 6. The number of terminal acetylenes is 1. The number of thiocarbonyl (C=S) groups is 1. The van der Waals surface area contributed by atoms with Gasteiger partial charge < -0.3 is 15.4 Å². The summed E-state index contributed by atoms with van der Waals surface area (Å²) in [5.41, 5.74) is -1.79. The van der Waals surface area contributed by atoms with Crippen LogP contribution in [0.25, 0.3) is 10.9 Å². The highest BCUT2D eigenvalue weighted by Crippen LogP contribution is 2.42. The Hall–Kier alpha value is -3.56. The number of hydrogen-bond donors (Lipinski definition) is 2. The summed E-state index contributed by atoms with van der Waals surface area (Å²) >= 11 is 5.48. The van der Waals surface area contributed by atoms with Crippen LogP contribution in [-0.4, -0.2) is 41.2 Å². The molecular weight excluding hydrogens is 566 g/mol. The number of halogens is 6. The van der Waals surface area contributed by atoms with Crippen molar-refractivity contribution in [2.75, 3.05) is 25.5 Å². The minimum atomic E-state index is -4.98. The fourth-order valence-corrected chi connectivity index (χ4v) is 6.11. The molecule has 216 valence electrons. The van der Waals surface area contributed by atoms with Gasteiger partial charge in [0.25, 0.3) is 0 Å². The second-order valence-electron chi connectivity index (χ2n) is 10.3. The molecule has 3 saturated heterocycles. The minimum absolute atomic E-state index is 0.0783. The monoisotopic (exact) mass is 592 g/mol. The molecule has 0 amide bonds. The number of fused-ring (bicyclic) bond motifs is 4. The van der Waals surface area contributed by atoms with Crippen molar-refractivity contribution in [3.8, 4) is 18.1 Å². The smallest absolute Gasteiger partial charge is 0.416 e. The van der Waals surface area contributed by atoms with E-state index >= 15 is 0 Å². The average molecular weight is 593 g/mol. The molecule has 0 radical (unpaired) electrons. The van der Waals surface area contributed by atoms with E-state index in [0.717, 1.165) is 30.3 Å². The minimum Gasteiger partial charge on any atom is -0.497 e. The van der Waals surface area contributed by atoms with Crippen LogP contribution in [-0.2, 0) is 12.4 Å². The summed E-state index contributed by atoms with van der Waals surface area (Å²) in [6.07, 6.45) is -0.851. The highest BCUT2D eigenvalue weighted by molar-refractivity contribution is 7.80. The van der Waals surface area contributed by atoms with E-state index < -0.39 is 35.2 Å². The summed E-state index contributed by atoms with van der Waals surface area (Å²) < 4.78 is 86.0. The molecule has 2 aromatic carbocycles. The Balaban J connectivity index is 1.51. The number of nitrogens with one attached hydrogen (secondary N) is 2. The molecule has 0 spiro atoms. The third-order valence-corrected chi connectivity index (χ3v) is 8.07. The van der Waals surface area contributed by atoms with Gasteiger partial charge in [-0.3, -0.25) is 9.88 Å². The van der Waals surface area contributed by atoms with Crippen LogP contribution in [0.15, 0.2) is 48.7 Å². The first-order valence-corrected chi connectivity index (χ1v) is 13.3. The standard InChI is InChI=1S/C29H26F6N4OS/c1-3-16-15-39-9-7-17(16)10-25(39)26(22-6-8-36-24-5-4-21(40-2)14-23(22)24)38-27(41)37-20-12-18(28(30,31)32)11-19(13-20)29(33,34)35/h1,4-6,8,11-14,16-17,25-26H,7,9-10,15H2,2H3,(H2,37,38,41)/t16-,17?,25+,26+/m1/s1. The molecule has 2 unspecified atom stereocenters. The molecule has 3 fully saturated rings. The van der Waals surface area contributed by atoms with Gasteiger partial charge in [0.05, 0.1) is 29.8 Å². The molecule has 1 aromatic heterocycles. The Morgan fingerprint density at radius 3 is 2.39 bits per heavy atom. The third-order valence-electron chi connectivity index (χ3n) is 7.85. The van der Waals surface area contributed by atoms with Gasteiger partial charge in [-0.2, -0.15) is 26.3 Å². The summed E-state index contributed by atoms with van der Waals surface area (Å²) in [6.45, 7) is 1.49. The summed E-state index contributed by atoms with van der Waals surface area (Å²) in [5, 5.41) is 6.44. The van der Waals surface area contributed by atoms with Crippen molar-refractivity contribution in [3.05, 3.63) is 65.4 Å². The number of methoxy groups -OCH3 is 1. The van der Waals surface area contributed by atoms with Crippen molar-refractivity contribution in [3.63, 3.8) is 0 Å². The van der Waals surface area contributed by atoms with Crippen LogP contribution in [0.4, 0.5) is 32.0 Å². The fraction of sp³-hybridized carbons (Fsp3) is 0.379. The topological polar surface area (TPSA) is 49.4 Å². The van der Waals surface area contributed by atoms with E-state index in [1.165, 1.54) is 0 Å². The van der Waals surface area contributed by atoms with Crippen molar-refractivity contribution >= 4 is 33.9 Å². The number of piperidine rings is 3. The lowest BCUT2D eigenvalue weighted by Gasteiger charge is -2.51. The average Bonchev–Trinajstić information content (AvgIpc) is 2.94. The van der Waals surface area contributed by atoms with Gasteiger partial charge in [-0.15, -0.1) is 12.3 Å². The van der Waals surface area contributed by atoms with E-state index in [2.05, 4.69) is 26.4 Å². The first-order valence-electron chi connectivity index (χ1n) is 12.9. The maximum Gasteiger partial charge on any atom is 0.416 e. The van der Waals surface area contributed by atoms with E-state index in [9.17, 15) is 26.3 Å². The van der Waals surface area contributed by atoms with Crippen molar-refractivity contribution in [2.24, 2.45) is 11.8 Å². The molecule has 0 saturated carbocycles. The number of aromatic nitrogens is 1. The van der Waals surface area contributed by atoms with Crippen molar-refractivity contribution in [1.29, 1.82) is 0 Å². The molecule has 3 aliphatic heterocycles. The van der Waals surface area contributed by atoms with Crippen molar-refractivity contribution < 1.29 is 31.1 Å². The van der Waals surface area contributed by atoms with Crippen LogP contribution in [0, 0.1) is 24.2 Å². The van der Waals surface area contributed by atoms with Gasteiger partial charge in [0.1, 0.15) is 5.75 Å². The molecule has 4 heterocycles. The Bertz CT molecular complexity index is 1470. The molecule has 3 aliphatic rings. The molecule has 2 N–H and O–H groups in total. The predicted octanol–water partition coefficient (Wildman–Crippen LogP) is 6.65. The zero-order chi connectivity index (χ0) is 29.5. The zero-order valence-electron chi connectivity index (χ0n) is 21.8. The molecule has 5 atom stereocenters. The number of pyridine rings is 1. The van der Waals surface area contributed by atoms with Crippen molar-refractivity contribution in [2.45, 2.75) is 37.3 Å². The molecule has 12 heteroatoms. The lowest BCUT2D eigenvalue weighted by atomic mass is 9.73. The SMILES string of the molecule is C#C[C@@H]1CN2CCC1C[C@H]2[C@@H](NC(=S)Nc1cc(C(F)(F)F)cc(C(F)(F)F)c1)c1ccnc2ccc(OC)cc12. The van der Waals surface area contributed by atoms with Crippen LogP contribution < -0.4 is 15.4 Å². The van der Waals surface area contributed by atoms with Gasteiger partial charge in [0.15, 0.2) is 5.11 Å². The van der Waals surface area contributed by atoms with Gasteiger partial charge in [0, 0.05) is 35.8 Å². The summed E-state index contributed by atoms with van der Waals surface area (Å²) in [5.74, 6) is 3.86. The second-order valence-corrected chi connectivity index (χ2v) is 10.7. The number of anilines is 1. The molecule has 3 aromatic rings. The second kappa shape index (κ2) is 11.0. The molecule has 41 heavy (non-hydrogen) atoms. The highest BCUT2D eigenvalue weighted by Gasteiger charge is 2.44. The first kappa shape index (κ1) is 29.0. The number of nitrogens with zero attached hydrogens (tertiary/aromatic N) is 2. The zero-order valence-corrected chi connectivity index (χ0v) is 22.6. The van der Waals surface area contributed by atoms with Crippen LogP contribution >= 0.6 is 12.2 Å². The van der Waals surface area contributed by atoms with Crippen LogP contribution in [0.1, 0.15) is 35.6 Å². The molecule has 6 rings (SSSR count). The maximum absolute atomic E-state index is 13.4. The largest absolute Gasteiger partial charge is 0.497 e. The van der Waals surface area contributed by atoms with Gasteiger partial charge in [-0.1, -0.05) is 0 Å². The summed E-state index contributed by atoms with van der Waals surface area (Å²) in [4.78, 5) is 6.71. The summed E-state index contributed by atoms with van der Waals surface area (Å²) in [6, 6.07) is 7.97. The van der Waals surface area contributed by atoms with Gasteiger partial charge >= 0.3 is 12.4 Å². The van der Waals surface area contributed by atoms with E-state index in [0.29, 0.717) is 29.9 Å². The van der Waals surface area contributed by atoms with Crippen LogP contribution in [0.2, 0.25) is 0 Å². The first-order chi connectivity index (χ1) is 19.4. The van der Waals surface area contributed by atoms with Crippen LogP contribution in [0.3, 0.4) is 0 Å². The van der Waals surface area contributed by atoms with E-state index in [4.69, 9.17) is 23.4 Å². The molecular formula is C29H26F6N4OS. The number of hydrogen-bond acceptors (Lipinski definition) is 4. The van der Waals surface area contributed by atoms with E-state index in [1.807, 2.05) is 18.2 Å². The van der Waals surface area contributed by atoms with Crippen LogP contribution in [0.5, 0.6) is 5.75 Å². The highest BCUT2D eigenvalue weighted by atomic mass is 32.1. The Morgan fingerprint density at radius 1 is 1.10 bits per heavy atom. The number of ether oxygens (including phenoxy) is 1. The molecule has 2 bridgehead atoms. The molecule has 5 nitrogen and oxygen atoms in total. The third kappa shape index (κ3) is 6.06. The quantitative estimate of drug-likeness (QED) is 0.197. The van der Waals surface area contributed by atoms with Crippen molar-refractivity contribution in [1.82, 2.24) is 15.2 Å². The Kier molecular flexibility index (Phi) is 7.78. The van der Waals surface area contributed by atoms with Gasteiger partial charge in [-0.25, -0.2) is 0 Å². The van der Waals surface area contributed by atoms with E-state index in [1.54, 1.807) is 19.4 Å². The predicted molar refractivity (Wildman–Crippen MR) is 147 cm³/mol. The number of benzene rings is 2. The maximum atomic E-state index is 13.4. The summed E-state index contributed by atoms with van der Waals surface area (Å²) in [7, 11) is 1.54. The van der Waals surface area contributed by atoms with E-state index in [-0.39, 0.29) is 29.1 Å². The fourth-order valence-electron chi connectivity index (χ4n) is 5.87. The molecule has 0 aliphatic carbocycles. The van der Waals surface area contributed by atoms with Gasteiger partial charge in [-0.05, 0) is 85.6 Å². The lowest BCUT2D eigenvalue weighted by molar-refractivity contribution is -0.143.